The molecular weight excluding hydrogens is 256 g/mol. The van der Waals surface area contributed by atoms with Crippen molar-refractivity contribution < 1.29 is 14.3 Å². The molecule has 0 spiro atoms. The Kier molecular flexibility index (Phi) is 4.27. The number of benzene rings is 1. The van der Waals surface area contributed by atoms with Gasteiger partial charge in [0.2, 0.25) is 11.8 Å². The first-order valence-electron chi connectivity index (χ1n) is 6.73. The van der Waals surface area contributed by atoms with E-state index >= 15 is 0 Å². The zero-order valence-corrected chi connectivity index (χ0v) is 12.1. The van der Waals surface area contributed by atoms with Gasteiger partial charge in [-0.05, 0) is 43.0 Å². The monoisotopic (exact) mass is 276 g/mol. The molecule has 5 nitrogen and oxygen atoms in total. The topological polar surface area (TPSA) is 67.4 Å². The fourth-order valence-electron chi connectivity index (χ4n) is 2.38. The van der Waals surface area contributed by atoms with E-state index in [1.54, 1.807) is 7.11 Å². The van der Waals surface area contributed by atoms with Crippen LogP contribution in [0.5, 0.6) is 5.75 Å². The first-order valence-corrected chi connectivity index (χ1v) is 6.73. The average Bonchev–Trinajstić information content (AvgIpc) is 2.87. The maximum absolute atomic E-state index is 11.9. The van der Waals surface area contributed by atoms with E-state index in [0.717, 1.165) is 22.4 Å². The lowest BCUT2D eigenvalue weighted by Gasteiger charge is -2.15. The van der Waals surface area contributed by atoms with Crippen molar-refractivity contribution >= 4 is 11.8 Å². The van der Waals surface area contributed by atoms with Crippen molar-refractivity contribution in [1.82, 2.24) is 10.6 Å². The lowest BCUT2D eigenvalue weighted by Crippen LogP contribution is -2.41. The number of ether oxygens (including phenoxy) is 1. The Hall–Kier alpha value is -2.04. The number of carbonyl (C=O) groups excluding carboxylic acids is 2. The van der Waals surface area contributed by atoms with Crippen molar-refractivity contribution in [2.75, 3.05) is 7.11 Å². The van der Waals surface area contributed by atoms with Gasteiger partial charge in [0.1, 0.15) is 11.8 Å². The third-order valence-electron chi connectivity index (χ3n) is 3.83. The zero-order chi connectivity index (χ0) is 14.7. The normalized spacial score (nSPS) is 17.8. The number of hydrogen-bond acceptors (Lipinski definition) is 3. The summed E-state index contributed by atoms with van der Waals surface area (Å²) in [7, 11) is 1.64. The third-order valence-corrected chi connectivity index (χ3v) is 3.83. The molecule has 20 heavy (non-hydrogen) atoms. The molecule has 1 saturated heterocycles. The molecule has 0 bridgehead atoms. The molecule has 0 aromatic heterocycles. The van der Waals surface area contributed by atoms with Gasteiger partial charge < -0.3 is 15.4 Å². The van der Waals surface area contributed by atoms with Crippen molar-refractivity contribution in [3.05, 3.63) is 28.8 Å². The number of amides is 2. The summed E-state index contributed by atoms with van der Waals surface area (Å²) in [5, 5.41) is 5.54. The summed E-state index contributed by atoms with van der Waals surface area (Å²) in [5.74, 6) is 0.672. The van der Waals surface area contributed by atoms with Crippen LogP contribution in [0.15, 0.2) is 12.1 Å². The first kappa shape index (κ1) is 14.4. The van der Waals surface area contributed by atoms with Gasteiger partial charge in [0.15, 0.2) is 0 Å². The molecule has 0 aliphatic carbocycles. The first-order chi connectivity index (χ1) is 9.52. The van der Waals surface area contributed by atoms with E-state index in [9.17, 15) is 9.59 Å². The van der Waals surface area contributed by atoms with Gasteiger partial charge in [-0.15, -0.1) is 0 Å². The van der Waals surface area contributed by atoms with E-state index in [2.05, 4.69) is 10.6 Å². The second-order valence-corrected chi connectivity index (χ2v) is 5.05. The molecule has 1 aromatic rings. The molecule has 1 atom stereocenters. The molecule has 1 aliphatic rings. The van der Waals surface area contributed by atoms with Crippen LogP contribution < -0.4 is 15.4 Å². The van der Waals surface area contributed by atoms with Crippen LogP contribution in [0.25, 0.3) is 0 Å². The number of methoxy groups -OCH3 is 1. The predicted octanol–water partition coefficient (Wildman–Crippen LogP) is 1.21. The Morgan fingerprint density at radius 2 is 2.15 bits per heavy atom. The molecule has 1 heterocycles. The quantitative estimate of drug-likeness (QED) is 0.868. The smallest absolute Gasteiger partial charge is 0.242 e. The molecule has 1 aromatic carbocycles. The summed E-state index contributed by atoms with van der Waals surface area (Å²) < 4.78 is 5.26. The summed E-state index contributed by atoms with van der Waals surface area (Å²) in [5.41, 5.74) is 3.24. The molecule has 5 heteroatoms. The lowest BCUT2D eigenvalue weighted by molar-refractivity contribution is -0.125. The Balaban J connectivity index is 1.99. The van der Waals surface area contributed by atoms with Crippen LogP contribution in [0.3, 0.4) is 0 Å². The Morgan fingerprint density at radius 3 is 2.75 bits per heavy atom. The molecule has 1 aliphatic heterocycles. The van der Waals surface area contributed by atoms with Gasteiger partial charge in [0, 0.05) is 13.0 Å². The van der Waals surface area contributed by atoms with E-state index in [-0.39, 0.29) is 17.9 Å². The minimum atomic E-state index is -0.387. The zero-order valence-electron chi connectivity index (χ0n) is 12.1. The Labute approximate surface area is 118 Å². The van der Waals surface area contributed by atoms with Crippen molar-refractivity contribution in [2.45, 2.75) is 39.3 Å². The third kappa shape index (κ3) is 2.92. The summed E-state index contributed by atoms with van der Waals surface area (Å²) >= 11 is 0. The Bertz CT molecular complexity index is 540. The SMILES string of the molecule is COc1ccc(CNC(=O)C2CCC(=O)N2)c(C)c1C. The molecule has 2 amide bonds. The van der Waals surface area contributed by atoms with Crippen molar-refractivity contribution in [1.29, 1.82) is 0 Å². The van der Waals surface area contributed by atoms with E-state index in [1.807, 2.05) is 26.0 Å². The molecule has 1 fully saturated rings. The highest BCUT2D eigenvalue weighted by Crippen LogP contribution is 2.23. The second kappa shape index (κ2) is 5.94. The molecule has 0 saturated carbocycles. The fraction of sp³-hybridized carbons (Fsp3) is 0.467. The van der Waals surface area contributed by atoms with Crippen LogP contribution in [0.1, 0.15) is 29.5 Å². The standard InChI is InChI=1S/C15H20N2O3/c1-9-10(2)13(20-3)6-4-11(9)8-16-15(19)12-5-7-14(18)17-12/h4,6,12H,5,7-8H2,1-3H3,(H,16,19)(H,17,18). The summed E-state index contributed by atoms with van der Waals surface area (Å²) in [6.07, 6.45) is 1.00. The Morgan fingerprint density at radius 1 is 1.40 bits per heavy atom. The van der Waals surface area contributed by atoms with Gasteiger partial charge in [-0.1, -0.05) is 6.07 Å². The van der Waals surface area contributed by atoms with E-state index in [4.69, 9.17) is 4.74 Å². The van der Waals surface area contributed by atoms with Crippen molar-refractivity contribution in [3.8, 4) is 5.75 Å². The van der Waals surface area contributed by atoms with E-state index in [0.29, 0.717) is 19.4 Å². The molecule has 2 N–H and O–H groups in total. The maximum Gasteiger partial charge on any atom is 0.242 e. The highest BCUT2D eigenvalue weighted by Gasteiger charge is 2.26. The molecule has 2 rings (SSSR count). The summed E-state index contributed by atoms with van der Waals surface area (Å²) in [4.78, 5) is 23.0. The highest BCUT2D eigenvalue weighted by molar-refractivity contribution is 5.90. The highest BCUT2D eigenvalue weighted by atomic mass is 16.5. The van der Waals surface area contributed by atoms with Crippen LogP contribution in [0, 0.1) is 13.8 Å². The lowest BCUT2D eigenvalue weighted by atomic mass is 10.0. The maximum atomic E-state index is 11.9. The minimum Gasteiger partial charge on any atom is -0.496 e. The molecule has 108 valence electrons. The number of hydrogen-bond donors (Lipinski definition) is 2. The summed E-state index contributed by atoms with van der Waals surface area (Å²) in [6, 6.07) is 3.47. The number of nitrogens with one attached hydrogen (secondary N) is 2. The molecule has 1 unspecified atom stereocenters. The van der Waals surface area contributed by atoms with Crippen LogP contribution >= 0.6 is 0 Å². The minimum absolute atomic E-state index is 0.0541. The number of carbonyl (C=O) groups is 2. The molecule has 0 radical (unpaired) electrons. The number of rotatable bonds is 4. The van der Waals surface area contributed by atoms with E-state index < -0.39 is 0 Å². The van der Waals surface area contributed by atoms with E-state index in [1.165, 1.54) is 0 Å². The van der Waals surface area contributed by atoms with Gasteiger partial charge in [0.25, 0.3) is 0 Å². The average molecular weight is 276 g/mol. The van der Waals surface area contributed by atoms with Crippen molar-refractivity contribution in [2.24, 2.45) is 0 Å². The van der Waals surface area contributed by atoms with Crippen LogP contribution in [-0.4, -0.2) is 25.0 Å². The van der Waals surface area contributed by atoms with Crippen molar-refractivity contribution in [3.63, 3.8) is 0 Å². The van der Waals surface area contributed by atoms with Crippen LogP contribution in [0.4, 0.5) is 0 Å². The second-order valence-electron chi connectivity index (χ2n) is 5.05. The van der Waals surface area contributed by atoms with Crippen LogP contribution in [-0.2, 0) is 16.1 Å². The van der Waals surface area contributed by atoms with Gasteiger partial charge in [0.05, 0.1) is 7.11 Å². The van der Waals surface area contributed by atoms with Gasteiger partial charge in [-0.25, -0.2) is 0 Å². The van der Waals surface area contributed by atoms with Gasteiger partial charge in [-0.3, -0.25) is 9.59 Å². The summed E-state index contributed by atoms with van der Waals surface area (Å²) in [6.45, 7) is 4.47. The van der Waals surface area contributed by atoms with Gasteiger partial charge in [-0.2, -0.15) is 0 Å². The fourth-order valence-corrected chi connectivity index (χ4v) is 2.38. The van der Waals surface area contributed by atoms with Gasteiger partial charge >= 0.3 is 0 Å². The van der Waals surface area contributed by atoms with Crippen LogP contribution in [0.2, 0.25) is 0 Å². The predicted molar refractivity (Wildman–Crippen MR) is 75.5 cm³/mol. The largest absolute Gasteiger partial charge is 0.496 e. The molecular formula is C15H20N2O3.